The minimum atomic E-state index is 0.537. The molecule has 0 N–H and O–H groups in total. The maximum atomic E-state index is 9.72. The first kappa shape index (κ1) is 25.4. The van der Waals surface area contributed by atoms with Gasteiger partial charge in [-0.15, -0.1) is 0 Å². The van der Waals surface area contributed by atoms with E-state index in [2.05, 4.69) is 106 Å². The summed E-state index contributed by atoms with van der Waals surface area (Å²) < 4.78 is 4.64. The Bertz CT molecular complexity index is 3200. The SMILES string of the molecule is N#Cc1cccc(-c2nc(-n3c4cc5ccccc5cc4c4c5c6ccccc6n6c7ccccc7c(cc43)c56)nc3ncccc23)c1. The molecule has 0 atom stereocenters. The summed E-state index contributed by atoms with van der Waals surface area (Å²) in [6.45, 7) is 0. The number of nitriles is 1. The molecule has 48 heavy (non-hydrogen) atoms. The molecule has 220 valence electrons. The predicted molar refractivity (Wildman–Crippen MR) is 194 cm³/mol. The predicted octanol–water partition coefficient (Wildman–Crippen LogP) is 9.96. The van der Waals surface area contributed by atoms with Gasteiger partial charge in [-0.2, -0.15) is 10.2 Å². The number of hydrogen-bond acceptors (Lipinski definition) is 4. The van der Waals surface area contributed by atoms with Gasteiger partial charge in [0, 0.05) is 49.5 Å². The summed E-state index contributed by atoms with van der Waals surface area (Å²) in [5.41, 5.74) is 8.44. The minimum absolute atomic E-state index is 0.537. The van der Waals surface area contributed by atoms with Crippen molar-refractivity contribution in [1.82, 2.24) is 23.9 Å². The second-order valence-corrected chi connectivity index (χ2v) is 12.4. The van der Waals surface area contributed by atoms with Crippen LogP contribution >= 0.6 is 0 Å². The molecule has 0 radical (unpaired) electrons. The van der Waals surface area contributed by atoms with Crippen LogP contribution in [0.5, 0.6) is 0 Å². The number of aromatic nitrogens is 5. The van der Waals surface area contributed by atoms with Gasteiger partial charge in [0.1, 0.15) is 0 Å². The van der Waals surface area contributed by atoms with E-state index < -0.39 is 0 Å². The Kier molecular flexibility index (Phi) is 4.82. The van der Waals surface area contributed by atoms with E-state index in [0.717, 1.165) is 38.4 Å². The van der Waals surface area contributed by atoms with Crippen LogP contribution in [0, 0.1) is 11.3 Å². The van der Waals surface area contributed by atoms with Gasteiger partial charge in [-0.25, -0.2) is 9.97 Å². The van der Waals surface area contributed by atoms with Crippen molar-refractivity contribution in [2.45, 2.75) is 0 Å². The Balaban J connectivity index is 1.39. The van der Waals surface area contributed by atoms with Crippen molar-refractivity contribution in [1.29, 1.82) is 5.26 Å². The molecule has 0 saturated carbocycles. The molecular weight excluding hydrogens is 589 g/mol. The van der Waals surface area contributed by atoms with Gasteiger partial charge < -0.3 is 4.40 Å². The molecule has 0 aliphatic rings. The zero-order valence-electron chi connectivity index (χ0n) is 25.4. The first-order valence-corrected chi connectivity index (χ1v) is 15.9. The molecule has 11 rings (SSSR count). The summed E-state index contributed by atoms with van der Waals surface area (Å²) in [7, 11) is 0. The van der Waals surface area contributed by atoms with Gasteiger partial charge in [-0.1, -0.05) is 72.8 Å². The van der Waals surface area contributed by atoms with Crippen LogP contribution in [0.25, 0.3) is 98.9 Å². The van der Waals surface area contributed by atoms with Crippen LogP contribution in [0.2, 0.25) is 0 Å². The first-order chi connectivity index (χ1) is 23.8. The Hall–Kier alpha value is -6.84. The van der Waals surface area contributed by atoms with Gasteiger partial charge in [0.25, 0.3) is 0 Å². The van der Waals surface area contributed by atoms with E-state index in [0.29, 0.717) is 17.2 Å². The zero-order valence-corrected chi connectivity index (χ0v) is 25.4. The molecule has 0 aliphatic heterocycles. The molecule has 6 heteroatoms. The normalized spacial score (nSPS) is 12.1. The third-order valence-corrected chi connectivity index (χ3v) is 9.89. The molecule has 6 aromatic carbocycles. The van der Waals surface area contributed by atoms with Crippen LogP contribution in [-0.4, -0.2) is 23.9 Å². The number of nitrogens with zero attached hydrogens (tertiary/aromatic N) is 6. The van der Waals surface area contributed by atoms with E-state index in [1.165, 1.54) is 48.9 Å². The van der Waals surface area contributed by atoms with E-state index in [4.69, 9.17) is 15.0 Å². The molecule has 11 aromatic rings. The maximum Gasteiger partial charge on any atom is 0.237 e. The van der Waals surface area contributed by atoms with Gasteiger partial charge in [0.15, 0.2) is 5.65 Å². The summed E-state index contributed by atoms with van der Waals surface area (Å²) in [5.74, 6) is 0.537. The van der Waals surface area contributed by atoms with Gasteiger partial charge >= 0.3 is 0 Å². The van der Waals surface area contributed by atoms with Crippen molar-refractivity contribution in [2.24, 2.45) is 0 Å². The maximum absolute atomic E-state index is 9.72. The summed E-state index contributed by atoms with van der Waals surface area (Å²) in [6, 6.07) is 46.6. The molecule has 0 amide bonds. The number of benzene rings is 6. The molecule has 5 aromatic heterocycles. The van der Waals surface area contributed by atoms with Crippen LogP contribution < -0.4 is 0 Å². The van der Waals surface area contributed by atoms with Gasteiger partial charge in [0.05, 0.1) is 44.9 Å². The lowest BCUT2D eigenvalue weighted by molar-refractivity contribution is 1.01. The molecular formula is C42H22N6. The van der Waals surface area contributed by atoms with E-state index in [-0.39, 0.29) is 0 Å². The molecule has 0 bridgehead atoms. The van der Waals surface area contributed by atoms with Gasteiger partial charge in [0.2, 0.25) is 5.95 Å². The van der Waals surface area contributed by atoms with E-state index in [1.54, 1.807) is 6.20 Å². The van der Waals surface area contributed by atoms with Crippen LogP contribution in [0.3, 0.4) is 0 Å². The number of hydrogen-bond donors (Lipinski definition) is 0. The molecule has 0 saturated heterocycles. The Labute approximate surface area is 272 Å². The second kappa shape index (κ2) is 9.12. The largest absolute Gasteiger partial charge is 0.308 e. The van der Waals surface area contributed by atoms with Crippen molar-refractivity contribution in [3.8, 4) is 23.3 Å². The van der Waals surface area contributed by atoms with Crippen LogP contribution in [-0.2, 0) is 0 Å². The first-order valence-electron chi connectivity index (χ1n) is 15.9. The van der Waals surface area contributed by atoms with Gasteiger partial charge in [-0.3, -0.25) is 4.57 Å². The number of para-hydroxylation sites is 2. The molecule has 0 aliphatic carbocycles. The average molecular weight is 611 g/mol. The van der Waals surface area contributed by atoms with Crippen molar-refractivity contribution in [3.05, 3.63) is 139 Å². The van der Waals surface area contributed by atoms with Crippen LogP contribution in [0.4, 0.5) is 0 Å². The molecule has 0 fully saturated rings. The second-order valence-electron chi connectivity index (χ2n) is 12.4. The fraction of sp³-hybridized carbons (Fsp3) is 0. The zero-order chi connectivity index (χ0) is 31.5. The Morgan fingerprint density at radius 2 is 1.29 bits per heavy atom. The third-order valence-electron chi connectivity index (χ3n) is 9.89. The van der Waals surface area contributed by atoms with E-state index in [1.807, 2.05) is 36.4 Å². The highest BCUT2D eigenvalue weighted by molar-refractivity contribution is 6.36. The highest BCUT2D eigenvalue weighted by atomic mass is 15.2. The molecule has 6 nitrogen and oxygen atoms in total. The smallest absolute Gasteiger partial charge is 0.237 e. The van der Waals surface area contributed by atoms with Crippen molar-refractivity contribution < 1.29 is 0 Å². The molecule has 0 unspecified atom stereocenters. The lowest BCUT2D eigenvalue weighted by atomic mass is 10.0. The lowest BCUT2D eigenvalue weighted by Crippen LogP contribution is -2.04. The monoisotopic (exact) mass is 610 g/mol. The fourth-order valence-corrected chi connectivity index (χ4v) is 7.92. The van der Waals surface area contributed by atoms with E-state index >= 15 is 0 Å². The summed E-state index contributed by atoms with van der Waals surface area (Å²) in [6.07, 6.45) is 1.77. The summed E-state index contributed by atoms with van der Waals surface area (Å²) >= 11 is 0. The van der Waals surface area contributed by atoms with Gasteiger partial charge in [-0.05, 0) is 65.4 Å². The molecule has 0 spiro atoms. The van der Waals surface area contributed by atoms with Crippen molar-refractivity contribution >= 4 is 81.7 Å². The average Bonchev–Trinajstić information content (AvgIpc) is 3.77. The lowest BCUT2D eigenvalue weighted by Gasteiger charge is -2.12. The quantitative estimate of drug-likeness (QED) is 0.195. The minimum Gasteiger partial charge on any atom is -0.308 e. The van der Waals surface area contributed by atoms with E-state index in [9.17, 15) is 5.26 Å². The number of fused-ring (bicyclic) bond motifs is 12. The Morgan fingerprint density at radius 1 is 0.542 bits per heavy atom. The van der Waals surface area contributed by atoms with Crippen LogP contribution in [0.15, 0.2) is 134 Å². The summed E-state index contributed by atoms with van der Waals surface area (Å²) in [4.78, 5) is 15.2. The summed E-state index contributed by atoms with van der Waals surface area (Å²) in [5, 5.41) is 20.0. The topological polar surface area (TPSA) is 71.8 Å². The third kappa shape index (κ3) is 3.22. The number of rotatable bonds is 2. The van der Waals surface area contributed by atoms with Crippen LogP contribution in [0.1, 0.15) is 5.56 Å². The van der Waals surface area contributed by atoms with Crippen molar-refractivity contribution in [3.63, 3.8) is 0 Å². The number of pyridine rings is 1. The highest BCUT2D eigenvalue weighted by Crippen LogP contribution is 2.47. The highest BCUT2D eigenvalue weighted by Gasteiger charge is 2.25. The Morgan fingerprint density at radius 3 is 2.15 bits per heavy atom. The molecule has 5 heterocycles. The standard InChI is InChI=1S/C42H22N6/c43-23-24-9-7-12-27(19-24)39-30-15-8-18-44-41(30)46-42(45-39)48-35-21-26-11-2-1-10-25(26)20-32(35)37-36(48)22-31-28-13-3-5-16-33(28)47-34-17-6-4-14-29(34)38(37)40(31)47/h1-22H. The fourth-order valence-electron chi connectivity index (χ4n) is 7.92. The van der Waals surface area contributed by atoms with Crippen molar-refractivity contribution in [2.75, 3.05) is 0 Å².